The van der Waals surface area contributed by atoms with Gasteiger partial charge in [0.25, 0.3) is 0 Å². The zero-order valence-corrected chi connectivity index (χ0v) is 10.7. The van der Waals surface area contributed by atoms with E-state index in [0.717, 1.165) is 32.4 Å². The SMILES string of the molecule is CC(=O)N(C1CCN(C)CC1)C1CC=CC=N1. The molecule has 0 bridgehead atoms. The molecule has 2 heterocycles. The summed E-state index contributed by atoms with van der Waals surface area (Å²) in [4.78, 5) is 20.6. The fraction of sp³-hybridized carbons (Fsp3) is 0.692. The van der Waals surface area contributed by atoms with Crippen molar-refractivity contribution in [2.45, 2.75) is 38.4 Å². The summed E-state index contributed by atoms with van der Waals surface area (Å²) in [5.41, 5.74) is 0. The Morgan fingerprint density at radius 1 is 1.41 bits per heavy atom. The van der Waals surface area contributed by atoms with Gasteiger partial charge in [-0.15, -0.1) is 0 Å². The first-order valence-electron chi connectivity index (χ1n) is 6.34. The van der Waals surface area contributed by atoms with Crippen molar-refractivity contribution in [1.29, 1.82) is 0 Å². The molecule has 0 aliphatic carbocycles. The topological polar surface area (TPSA) is 35.9 Å². The number of allylic oxidation sites excluding steroid dienone is 1. The number of aliphatic imine (C=N–C) groups is 1. The maximum Gasteiger partial charge on any atom is 0.221 e. The summed E-state index contributed by atoms with van der Waals surface area (Å²) < 4.78 is 0. The Bertz CT molecular complexity index is 330. The average Bonchev–Trinajstić information content (AvgIpc) is 2.33. The van der Waals surface area contributed by atoms with Gasteiger partial charge in [-0.2, -0.15) is 0 Å². The molecule has 0 radical (unpaired) electrons. The Balaban J connectivity index is 2.04. The molecule has 1 unspecified atom stereocenters. The lowest BCUT2D eigenvalue weighted by Gasteiger charge is -2.40. The van der Waals surface area contributed by atoms with Crippen LogP contribution in [0.5, 0.6) is 0 Å². The molecular weight excluding hydrogens is 214 g/mol. The highest BCUT2D eigenvalue weighted by molar-refractivity contribution is 5.76. The Morgan fingerprint density at radius 3 is 2.65 bits per heavy atom. The second-order valence-electron chi connectivity index (χ2n) is 4.90. The second kappa shape index (κ2) is 5.45. The van der Waals surface area contributed by atoms with Crippen LogP contribution in [0.25, 0.3) is 0 Å². The van der Waals surface area contributed by atoms with Crippen LogP contribution in [0.2, 0.25) is 0 Å². The molecule has 2 rings (SSSR count). The highest BCUT2D eigenvalue weighted by Crippen LogP contribution is 2.21. The number of carbonyl (C=O) groups excluding carboxylic acids is 1. The summed E-state index contributed by atoms with van der Waals surface area (Å²) in [5, 5.41) is 0. The summed E-state index contributed by atoms with van der Waals surface area (Å²) in [6.45, 7) is 3.80. The monoisotopic (exact) mass is 235 g/mol. The maximum absolute atomic E-state index is 11.8. The van der Waals surface area contributed by atoms with Crippen molar-refractivity contribution >= 4 is 12.1 Å². The second-order valence-corrected chi connectivity index (χ2v) is 4.90. The van der Waals surface area contributed by atoms with E-state index in [9.17, 15) is 4.79 Å². The van der Waals surface area contributed by atoms with E-state index >= 15 is 0 Å². The fourth-order valence-corrected chi connectivity index (χ4v) is 2.64. The smallest absolute Gasteiger partial charge is 0.221 e. The highest BCUT2D eigenvalue weighted by atomic mass is 16.2. The van der Waals surface area contributed by atoms with Crippen molar-refractivity contribution < 1.29 is 4.79 Å². The third kappa shape index (κ3) is 2.94. The normalized spacial score (nSPS) is 26.1. The van der Waals surface area contributed by atoms with Gasteiger partial charge < -0.3 is 9.80 Å². The average molecular weight is 235 g/mol. The zero-order chi connectivity index (χ0) is 12.3. The third-order valence-electron chi connectivity index (χ3n) is 3.59. The highest BCUT2D eigenvalue weighted by Gasteiger charge is 2.30. The molecule has 4 heteroatoms. The van der Waals surface area contributed by atoms with Crippen molar-refractivity contribution in [2.75, 3.05) is 20.1 Å². The number of piperidine rings is 1. The molecule has 1 saturated heterocycles. The van der Waals surface area contributed by atoms with Crippen LogP contribution in [0, 0.1) is 0 Å². The quantitative estimate of drug-likeness (QED) is 0.723. The van der Waals surface area contributed by atoms with Crippen LogP contribution in [0.3, 0.4) is 0 Å². The van der Waals surface area contributed by atoms with Gasteiger partial charge in [-0.25, -0.2) is 0 Å². The van der Waals surface area contributed by atoms with Gasteiger partial charge in [-0.1, -0.05) is 6.08 Å². The molecule has 17 heavy (non-hydrogen) atoms. The lowest BCUT2D eigenvalue weighted by atomic mass is 10.0. The van der Waals surface area contributed by atoms with E-state index in [1.165, 1.54) is 0 Å². The zero-order valence-electron chi connectivity index (χ0n) is 10.7. The van der Waals surface area contributed by atoms with E-state index in [-0.39, 0.29) is 12.1 Å². The lowest BCUT2D eigenvalue weighted by molar-refractivity contribution is -0.134. The number of hydrogen-bond acceptors (Lipinski definition) is 3. The summed E-state index contributed by atoms with van der Waals surface area (Å²) in [5.74, 6) is 0.150. The van der Waals surface area contributed by atoms with Gasteiger partial charge in [0.15, 0.2) is 0 Å². The Kier molecular flexibility index (Phi) is 3.94. The minimum atomic E-state index is 0.0194. The first-order valence-corrected chi connectivity index (χ1v) is 6.34. The molecule has 0 aromatic rings. The van der Waals surface area contributed by atoms with Crippen LogP contribution in [0.4, 0.5) is 0 Å². The van der Waals surface area contributed by atoms with Gasteiger partial charge in [0.05, 0.1) is 0 Å². The molecular formula is C13H21N3O. The van der Waals surface area contributed by atoms with Crippen LogP contribution in [-0.4, -0.2) is 54.3 Å². The molecule has 0 spiro atoms. The number of carbonyl (C=O) groups is 1. The number of dihydropyridines is 1. The van der Waals surface area contributed by atoms with Crippen molar-refractivity contribution in [2.24, 2.45) is 4.99 Å². The molecule has 0 aromatic heterocycles. The summed E-state index contributed by atoms with van der Waals surface area (Å²) in [7, 11) is 2.13. The Morgan fingerprint density at radius 2 is 2.12 bits per heavy atom. The maximum atomic E-state index is 11.8. The molecule has 0 aromatic carbocycles. The summed E-state index contributed by atoms with van der Waals surface area (Å²) in [6.07, 6.45) is 8.83. The largest absolute Gasteiger partial charge is 0.317 e. The van der Waals surface area contributed by atoms with Crippen molar-refractivity contribution in [3.05, 3.63) is 12.2 Å². The first-order chi connectivity index (χ1) is 8.18. The predicted octanol–water partition coefficient (Wildman–Crippen LogP) is 1.29. The molecule has 1 fully saturated rings. The number of nitrogens with zero attached hydrogens (tertiary/aromatic N) is 3. The van der Waals surface area contributed by atoms with E-state index in [2.05, 4.69) is 23.0 Å². The van der Waals surface area contributed by atoms with E-state index in [1.54, 1.807) is 13.1 Å². The van der Waals surface area contributed by atoms with Gasteiger partial charge in [0, 0.05) is 25.6 Å². The van der Waals surface area contributed by atoms with Crippen LogP contribution >= 0.6 is 0 Å². The first kappa shape index (κ1) is 12.3. The van der Waals surface area contributed by atoms with Crippen LogP contribution < -0.4 is 0 Å². The van der Waals surface area contributed by atoms with Crippen LogP contribution in [0.1, 0.15) is 26.2 Å². The van der Waals surface area contributed by atoms with Crippen LogP contribution in [0.15, 0.2) is 17.1 Å². The predicted molar refractivity (Wildman–Crippen MR) is 69.1 cm³/mol. The van der Waals surface area contributed by atoms with Gasteiger partial charge in [-0.3, -0.25) is 9.79 Å². The minimum absolute atomic E-state index is 0.0194. The lowest BCUT2D eigenvalue weighted by Crippen LogP contribution is -2.50. The fourth-order valence-electron chi connectivity index (χ4n) is 2.64. The Labute approximate surface area is 103 Å². The molecule has 94 valence electrons. The van der Waals surface area contributed by atoms with Crippen molar-refractivity contribution in [1.82, 2.24) is 9.80 Å². The van der Waals surface area contributed by atoms with E-state index < -0.39 is 0 Å². The molecule has 0 N–H and O–H groups in total. The minimum Gasteiger partial charge on any atom is -0.317 e. The third-order valence-corrected chi connectivity index (χ3v) is 3.59. The molecule has 1 amide bonds. The van der Waals surface area contributed by atoms with Gasteiger partial charge in [0.1, 0.15) is 6.17 Å². The molecule has 0 saturated carbocycles. The van der Waals surface area contributed by atoms with Crippen molar-refractivity contribution in [3.8, 4) is 0 Å². The number of amides is 1. The van der Waals surface area contributed by atoms with Crippen LogP contribution in [-0.2, 0) is 4.79 Å². The standard InChI is InChI=1S/C13H21N3O/c1-11(17)16(13-5-3-4-8-14-13)12-6-9-15(2)10-7-12/h3-4,8,12-13H,5-7,9-10H2,1-2H3. The summed E-state index contributed by atoms with van der Waals surface area (Å²) in [6, 6.07) is 0.359. The van der Waals surface area contributed by atoms with Gasteiger partial charge in [-0.05, 0) is 39.1 Å². The van der Waals surface area contributed by atoms with Gasteiger partial charge in [0.2, 0.25) is 5.91 Å². The van der Waals surface area contributed by atoms with Crippen molar-refractivity contribution in [3.63, 3.8) is 0 Å². The molecule has 4 nitrogen and oxygen atoms in total. The van der Waals surface area contributed by atoms with E-state index in [4.69, 9.17) is 0 Å². The van der Waals surface area contributed by atoms with E-state index in [1.807, 2.05) is 11.0 Å². The number of rotatable bonds is 2. The van der Waals surface area contributed by atoms with Gasteiger partial charge >= 0.3 is 0 Å². The Hall–Kier alpha value is -1.16. The number of likely N-dealkylation sites (tertiary alicyclic amines) is 1. The number of hydrogen-bond donors (Lipinski definition) is 0. The summed E-state index contributed by atoms with van der Waals surface area (Å²) >= 11 is 0. The molecule has 2 aliphatic heterocycles. The van der Waals surface area contributed by atoms with E-state index in [0.29, 0.717) is 6.04 Å². The molecule has 2 aliphatic rings. The molecule has 1 atom stereocenters.